The maximum absolute atomic E-state index is 14.1. The number of hydrogen-bond acceptors (Lipinski definition) is 5. The number of hydrogen-bond donors (Lipinski definition) is 1. The van der Waals surface area contributed by atoms with E-state index in [1.807, 2.05) is 20.8 Å². The van der Waals surface area contributed by atoms with Crippen LogP contribution in [0.5, 0.6) is 0 Å². The van der Waals surface area contributed by atoms with Crippen LogP contribution in [0.15, 0.2) is 36.4 Å². The summed E-state index contributed by atoms with van der Waals surface area (Å²) in [5, 5.41) is 11.6. The Bertz CT molecular complexity index is 1210. The summed E-state index contributed by atoms with van der Waals surface area (Å²) in [6.45, 7) is 7.88. The predicted octanol–water partition coefficient (Wildman–Crippen LogP) is 5.21. The zero-order valence-corrected chi connectivity index (χ0v) is 25.2. The van der Waals surface area contributed by atoms with Crippen LogP contribution in [-0.2, 0) is 16.0 Å². The molecule has 3 atom stereocenters. The fraction of sp³-hybridized carbons (Fsp3) is 0.545. The molecular weight excluding hydrogens is 542 g/mol. The normalized spacial score (nSPS) is 16.6. The third kappa shape index (κ3) is 9.16. The van der Waals surface area contributed by atoms with Crippen molar-refractivity contribution < 1.29 is 33.0 Å². The first-order valence-electron chi connectivity index (χ1n) is 14.9. The molecule has 2 aromatic rings. The monoisotopic (exact) mass is 586 g/mol. The van der Waals surface area contributed by atoms with Crippen LogP contribution in [0.3, 0.4) is 0 Å². The molecule has 0 aromatic heterocycles. The van der Waals surface area contributed by atoms with Crippen molar-refractivity contribution in [3.63, 3.8) is 0 Å². The van der Waals surface area contributed by atoms with Crippen LogP contribution in [-0.4, -0.2) is 78.5 Å². The quantitative estimate of drug-likeness (QED) is 0.307. The van der Waals surface area contributed by atoms with E-state index in [-0.39, 0.29) is 43.0 Å². The molecule has 1 heterocycles. The van der Waals surface area contributed by atoms with Gasteiger partial charge in [-0.15, -0.1) is 0 Å². The molecule has 1 fully saturated rings. The van der Waals surface area contributed by atoms with E-state index in [1.54, 1.807) is 28.0 Å². The highest BCUT2D eigenvalue weighted by atomic mass is 19.1. The maximum Gasteiger partial charge on any atom is 0.253 e. The molecule has 230 valence electrons. The number of amides is 2. The fourth-order valence-electron chi connectivity index (χ4n) is 5.92. The van der Waals surface area contributed by atoms with Crippen LogP contribution >= 0.6 is 0 Å². The molecule has 0 spiro atoms. The molecule has 2 amide bonds. The van der Waals surface area contributed by atoms with Crippen molar-refractivity contribution in [3.8, 4) is 0 Å². The lowest BCUT2D eigenvalue weighted by Gasteiger charge is -2.37. The number of nitrogens with zero attached hydrogens (tertiary/aromatic N) is 2. The highest BCUT2D eigenvalue weighted by molar-refractivity contribution is 6.01. The van der Waals surface area contributed by atoms with E-state index < -0.39 is 23.7 Å². The second-order valence-electron chi connectivity index (χ2n) is 11.4. The number of Topliss-reactive ketones (excluding diaryl/α,β-unsaturated/α-hetero) is 1. The summed E-state index contributed by atoms with van der Waals surface area (Å²) in [7, 11) is 1.45. The Hall–Kier alpha value is -3.17. The van der Waals surface area contributed by atoms with Crippen LogP contribution in [0.2, 0.25) is 0 Å². The first-order valence-corrected chi connectivity index (χ1v) is 14.9. The summed E-state index contributed by atoms with van der Waals surface area (Å²) in [6.07, 6.45) is 1.94. The molecule has 1 aliphatic heterocycles. The Morgan fingerprint density at radius 3 is 2.29 bits per heavy atom. The largest absolute Gasteiger partial charge is 0.392 e. The Morgan fingerprint density at radius 2 is 1.67 bits per heavy atom. The molecule has 1 aliphatic rings. The standard InChI is InChI=1S/C33H44F2N2O5/c1-5-9-36(10-6-2)33(41)27-13-22(3)12-25(17-27)30(38)18-26(14-23-15-28(34)19-29(35)16-23)32(40)24-8-7-11-37(20-24)31(39)21-42-4/h12-13,15-17,19,24,26,32,40H,5-11,14,18,20-21H2,1-4H3/t24?,26?,32-/m1/s1. The zero-order valence-electron chi connectivity index (χ0n) is 25.2. The van der Waals surface area contributed by atoms with Gasteiger partial charge in [-0.3, -0.25) is 14.4 Å². The summed E-state index contributed by atoms with van der Waals surface area (Å²) in [5.41, 5.74) is 1.89. The summed E-state index contributed by atoms with van der Waals surface area (Å²) in [6, 6.07) is 8.30. The molecule has 2 aromatic carbocycles. The molecule has 1 N–H and O–H groups in total. The van der Waals surface area contributed by atoms with Gasteiger partial charge in [-0.05, 0) is 86.4 Å². The summed E-state index contributed by atoms with van der Waals surface area (Å²) >= 11 is 0. The Morgan fingerprint density at radius 1 is 1.02 bits per heavy atom. The average Bonchev–Trinajstić information content (AvgIpc) is 2.95. The molecule has 42 heavy (non-hydrogen) atoms. The van der Waals surface area contributed by atoms with Gasteiger partial charge < -0.3 is 19.6 Å². The van der Waals surface area contributed by atoms with Crippen LogP contribution in [0.25, 0.3) is 0 Å². The van der Waals surface area contributed by atoms with Crippen LogP contribution in [0.1, 0.15) is 77.8 Å². The number of benzene rings is 2. The van der Waals surface area contributed by atoms with E-state index in [0.29, 0.717) is 55.7 Å². The van der Waals surface area contributed by atoms with E-state index in [0.717, 1.165) is 24.5 Å². The molecule has 0 saturated carbocycles. The molecule has 3 rings (SSSR count). The average molecular weight is 587 g/mol. The molecule has 0 radical (unpaired) electrons. The Kier molecular flexibility index (Phi) is 12.6. The van der Waals surface area contributed by atoms with Gasteiger partial charge in [0.25, 0.3) is 5.91 Å². The minimum absolute atomic E-state index is 0.0599. The lowest BCUT2D eigenvalue weighted by molar-refractivity contribution is -0.138. The van der Waals surface area contributed by atoms with Gasteiger partial charge in [0.2, 0.25) is 5.91 Å². The smallest absolute Gasteiger partial charge is 0.253 e. The fourth-order valence-corrected chi connectivity index (χ4v) is 5.92. The number of methoxy groups -OCH3 is 1. The number of halogens is 2. The minimum Gasteiger partial charge on any atom is -0.392 e. The number of piperidine rings is 1. The number of ether oxygens (including phenoxy) is 1. The van der Waals surface area contributed by atoms with Gasteiger partial charge in [0.1, 0.15) is 18.2 Å². The number of likely N-dealkylation sites (tertiary alicyclic amines) is 1. The van der Waals surface area contributed by atoms with E-state index in [2.05, 4.69) is 0 Å². The van der Waals surface area contributed by atoms with Gasteiger partial charge in [0.05, 0.1) is 6.10 Å². The topological polar surface area (TPSA) is 87.2 Å². The van der Waals surface area contributed by atoms with Crippen LogP contribution < -0.4 is 0 Å². The Labute approximate surface area is 247 Å². The van der Waals surface area contributed by atoms with Crippen LogP contribution in [0.4, 0.5) is 8.78 Å². The first kappa shape index (κ1) is 33.3. The summed E-state index contributed by atoms with van der Waals surface area (Å²) < 4.78 is 33.1. The highest BCUT2D eigenvalue weighted by Crippen LogP contribution is 2.30. The molecule has 0 aliphatic carbocycles. The zero-order chi connectivity index (χ0) is 30.8. The van der Waals surface area contributed by atoms with E-state index in [9.17, 15) is 28.3 Å². The molecule has 1 saturated heterocycles. The lowest BCUT2D eigenvalue weighted by atomic mass is 9.79. The predicted molar refractivity (Wildman–Crippen MR) is 157 cm³/mol. The number of carbonyl (C=O) groups excluding carboxylic acids is 3. The van der Waals surface area contributed by atoms with Crippen molar-refractivity contribution in [1.82, 2.24) is 9.80 Å². The second-order valence-corrected chi connectivity index (χ2v) is 11.4. The van der Waals surface area contributed by atoms with Gasteiger partial charge in [-0.2, -0.15) is 0 Å². The number of aryl methyl sites for hydroxylation is 1. The van der Waals surface area contributed by atoms with Gasteiger partial charge in [0.15, 0.2) is 5.78 Å². The lowest BCUT2D eigenvalue weighted by Crippen LogP contribution is -2.47. The molecule has 9 heteroatoms. The highest BCUT2D eigenvalue weighted by Gasteiger charge is 2.34. The number of ketones is 1. The van der Waals surface area contributed by atoms with Crippen molar-refractivity contribution in [1.29, 1.82) is 0 Å². The minimum atomic E-state index is -1.01. The van der Waals surface area contributed by atoms with Gasteiger partial charge in [-0.1, -0.05) is 13.8 Å². The SMILES string of the molecule is CCCN(CCC)C(=O)c1cc(C)cc(C(=O)CC(Cc2cc(F)cc(F)c2)[C@H](O)C2CCCN(C(=O)COC)C2)c1. The number of aliphatic hydroxyl groups is 1. The Balaban J connectivity index is 1.89. The summed E-state index contributed by atoms with van der Waals surface area (Å²) in [5.74, 6) is -3.03. The number of aliphatic hydroxyl groups excluding tert-OH is 1. The molecule has 7 nitrogen and oxygen atoms in total. The third-order valence-corrected chi connectivity index (χ3v) is 7.83. The van der Waals surface area contributed by atoms with Crippen molar-refractivity contribution >= 4 is 17.6 Å². The maximum atomic E-state index is 14.1. The van der Waals surface area contributed by atoms with Gasteiger partial charge >= 0.3 is 0 Å². The van der Waals surface area contributed by atoms with Crippen molar-refractivity contribution in [2.24, 2.45) is 11.8 Å². The number of rotatable bonds is 14. The molecule has 0 bridgehead atoms. The van der Waals surface area contributed by atoms with Gasteiger partial charge in [-0.25, -0.2) is 8.78 Å². The van der Waals surface area contributed by atoms with Crippen molar-refractivity contribution in [2.45, 2.75) is 65.4 Å². The van der Waals surface area contributed by atoms with E-state index in [4.69, 9.17) is 4.74 Å². The van der Waals surface area contributed by atoms with Crippen molar-refractivity contribution in [2.75, 3.05) is 39.9 Å². The van der Waals surface area contributed by atoms with Crippen molar-refractivity contribution in [3.05, 3.63) is 70.3 Å². The molecular formula is C33H44F2N2O5. The first-order chi connectivity index (χ1) is 20.1. The number of carbonyl (C=O) groups is 3. The molecule has 2 unspecified atom stereocenters. The van der Waals surface area contributed by atoms with E-state index >= 15 is 0 Å². The van der Waals surface area contributed by atoms with E-state index in [1.165, 1.54) is 19.2 Å². The second kappa shape index (κ2) is 15.9. The summed E-state index contributed by atoms with van der Waals surface area (Å²) in [4.78, 5) is 42.9. The van der Waals surface area contributed by atoms with Crippen LogP contribution in [0, 0.1) is 30.4 Å². The van der Waals surface area contributed by atoms with Gasteiger partial charge in [0, 0.05) is 62.8 Å². The third-order valence-electron chi connectivity index (χ3n) is 7.83.